The number of benzene rings is 1. The Balaban J connectivity index is 2.15. The number of fused-ring (bicyclic) bond motifs is 1. The van der Waals surface area contributed by atoms with Crippen molar-refractivity contribution in [1.82, 2.24) is 0 Å². The summed E-state index contributed by atoms with van der Waals surface area (Å²) in [6, 6.07) is 4.40. The monoisotopic (exact) mass is 274 g/mol. The number of hydrogen-bond donors (Lipinski definition) is 2. The van der Waals surface area contributed by atoms with Crippen LogP contribution in [0.25, 0.3) is 11.0 Å². The standard InChI is InChI=1S/C14H14N2O4/c1-19-8-4-5-9-10(6-8)20-13(11(9)16-14(15)18)12(17)7-2-3-7/h4-7H,2-3H2,1H3,(H3,15,16,18). The average molecular weight is 274 g/mol. The highest BCUT2D eigenvalue weighted by Crippen LogP contribution is 2.39. The molecule has 0 bridgehead atoms. The predicted molar refractivity (Wildman–Crippen MR) is 73.0 cm³/mol. The van der Waals surface area contributed by atoms with Crippen LogP contribution in [0.2, 0.25) is 0 Å². The van der Waals surface area contributed by atoms with Gasteiger partial charge in [0, 0.05) is 17.4 Å². The quantitative estimate of drug-likeness (QED) is 0.837. The highest BCUT2D eigenvalue weighted by molar-refractivity contribution is 6.12. The maximum Gasteiger partial charge on any atom is 0.316 e. The Morgan fingerprint density at radius 2 is 2.15 bits per heavy atom. The number of methoxy groups -OCH3 is 1. The van der Waals surface area contributed by atoms with Gasteiger partial charge in [-0.05, 0) is 25.0 Å². The second kappa shape index (κ2) is 4.56. The lowest BCUT2D eigenvalue weighted by Crippen LogP contribution is -2.20. The highest BCUT2D eigenvalue weighted by Gasteiger charge is 2.35. The Labute approximate surface area is 114 Å². The third-order valence-electron chi connectivity index (χ3n) is 3.32. The van der Waals surface area contributed by atoms with Crippen LogP contribution in [-0.4, -0.2) is 18.9 Å². The van der Waals surface area contributed by atoms with Crippen molar-refractivity contribution in [3.8, 4) is 5.75 Å². The van der Waals surface area contributed by atoms with Gasteiger partial charge >= 0.3 is 6.03 Å². The number of urea groups is 1. The molecular formula is C14H14N2O4. The maximum atomic E-state index is 12.2. The number of hydrogen-bond acceptors (Lipinski definition) is 4. The van der Waals surface area contributed by atoms with E-state index in [0.717, 1.165) is 12.8 Å². The molecule has 2 aromatic rings. The fourth-order valence-electron chi connectivity index (χ4n) is 2.16. The first-order valence-electron chi connectivity index (χ1n) is 6.31. The number of rotatable bonds is 4. The van der Waals surface area contributed by atoms with E-state index in [1.807, 2.05) is 0 Å². The summed E-state index contributed by atoms with van der Waals surface area (Å²) < 4.78 is 10.7. The van der Waals surface area contributed by atoms with E-state index in [2.05, 4.69) is 5.32 Å². The number of Topliss-reactive ketones (excluding diaryl/α,β-unsaturated/α-hetero) is 1. The molecule has 0 atom stereocenters. The van der Waals surface area contributed by atoms with Gasteiger partial charge in [0.15, 0.2) is 5.76 Å². The second-order valence-electron chi connectivity index (χ2n) is 4.80. The van der Waals surface area contributed by atoms with Crippen molar-refractivity contribution >= 4 is 28.5 Å². The molecular weight excluding hydrogens is 260 g/mol. The van der Waals surface area contributed by atoms with Crippen LogP contribution in [0.4, 0.5) is 10.5 Å². The number of primary amides is 1. The summed E-state index contributed by atoms with van der Waals surface area (Å²) >= 11 is 0. The summed E-state index contributed by atoms with van der Waals surface area (Å²) in [4.78, 5) is 23.3. The summed E-state index contributed by atoms with van der Waals surface area (Å²) in [5.74, 6) is 0.673. The Kier molecular flexibility index (Phi) is 2.85. The van der Waals surface area contributed by atoms with Crippen molar-refractivity contribution in [2.45, 2.75) is 12.8 Å². The van der Waals surface area contributed by atoms with Crippen LogP contribution in [0.1, 0.15) is 23.4 Å². The number of carbonyl (C=O) groups excluding carboxylic acids is 2. The van der Waals surface area contributed by atoms with Crippen LogP contribution in [0, 0.1) is 5.92 Å². The minimum absolute atomic E-state index is 0.00844. The lowest BCUT2D eigenvalue weighted by Gasteiger charge is -2.02. The Bertz CT molecular complexity index is 701. The van der Waals surface area contributed by atoms with Crippen molar-refractivity contribution in [2.24, 2.45) is 11.7 Å². The van der Waals surface area contributed by atoms with Gasteiger partial charge < -0.3 is 20.2 Å². The molecule has 1 aromatic carbocycles. The molecule has 0 aliphatic heterocycles. The molecule has 0 radical (unpaired) electrons. The summed E-state index contributed by atoms with van der Waals surface area (Å²) in [5, 5.41) is 3.11. The SMILES string of the molecule is COc1ccc2c(NC(N)=O)c(C(=O)C3CC3)oc2c1. The number of nitrogens with two attached hydrogens (primary N) is 1. The molecule has 104 valence electrons. The zero-order valence-corrected chi connectivity index (χ0v) is 10.9. The molecule has 0 saturated heterocycles. The molecule has 0 spiro atoms. The number of ether oxygens (including phenoxy) is 1. The van der Waals surface area contributed by atoms with E-state index in [1.165, 1.54) is 0 Å². The summed E-state index contributed by atoms with van der Waals surface area (Å²) in [6.07, 6.45) is 1.71. The summed E-state index contributed by atoms with van der Waals surface area (Å²) in [7, 11) is 1.54. The molecule has 1 aliphatic rings. The molecule has 1 fully saturated rings. The molecule has 3 rings (SSSR count). The fraction of sp³-hybridized carbons (Fsp3) is 0.286. The van der Waals surface area contributed by atoms with E-state index < -0.39 is 6.03 Å². The molecule has 0 unspecified atom stereocenters. The van der Waals surface area contributed by atoms with Crippen LogP contribution >= 0.6 is 0 Å². The van der Waals surface area contributed by atoms with Gasteiger partial charge in [-0.25, -0.2) is 4.79 Å². The Morgan fingerprint density at radius 1 is 1.40 bits per heavy atom. The van der Waals surface area contributed by atoms with Gasteiger partial charge in [-0.2, -0.15) is 0 Å². The van der Waals surface area contributed by atoms with E-state index in [9.17, 15) is 9.59 Å². The van der Waals surface area contributed by atoms with Gasteiger partial charge in [-0.15, -0.1) is 0 Å². The van der Waals surface area contributed by atoms with Gasteiger partial charge in [0.25, 0.3) is 0 Å². The van der Waals surface area contributed by atoms with Crippen molar-refractivity contribution in [2.75, 3.05) is 12.4 Å². The topological polar surface area (TPSA) is 94.6 Å². The third kappa shape index (κ3) is 2.09. The van der Waals surface area contributed by atoms with Gasteiger partial charge in [-0.3, -0.25) is 4.79 Å². The van der Waals surface area contributed by atoms with Crippen LogP contribution in [0.3, 0.4) is 0 Å². The molecule has 3 N–H and O–H groups in total. The van der Waals surface area contributed by atoms with Crippen LogP contribution in [0.5, 0.6) is 5.75 Å². The average Bonchev–Trinajstić information content (AvgIpc) is 3.21. The fourth-order valence-corrected chi connectivity index (χ4v) is 2.16. The molecule has 1 heterocycles. The molecule has 2 amide bonds. The second-order valence-corrected chi connectivity index (χ2v) is 4.80. The zero-order chi connectivity index (χ0) is 14.3. The number of anilines is 1. The van der Waals surface area contributed by atoms with Crippen molar-refractivity contribution in [3.63, 3.8) is 0 Å². The largest absolute Gasteiger partial charge is 0.497 e. The van der Waals surface area contributed by atoms with Gasteiger partial charge in [0.2, 0.25) is 5.78 Å². The lowest BCUT2D eigenvalue weighted by molar-refractivity contribution is 0.0943. The Morgan fingerprint density at radius 3 is 2.75 bits per heavy atom. The molecule has 6 nitrogen and oxygen atoms in total. The molecule has 6 heteroatoms. The zero-order valence-electron chi connectivity index (χ0n) is 10.9. The predicted octanol–water partition coefficient (Wildman–Crippen LogP) is 2.52. The minimum Gasteiger partial charge on any atom is -0.497 e. The van der Waals surface area contributed by atoms with E-state index >= 15 is 0 Å². The normalized spacial score (nSPS) is 14.2. The van der Waals surface area contributed by atoms with Gasteiger partial charge in [0.05, 0.1) is 7.11 Å². The van der Waals surface area contributed by atoms with Crippen molar-refractivity contribution in [3.05, 3.63) is 24.0 Å². The number of carbonyl (C=O) groups is 2. The Hall–Kier alpha value is -2.50. The number of ketones is 1. The molecule has 1 saturated carbocycles. The van der Waals surface area contributed by atoms with E-state index in [0.29, 0.717) is 22.4 Å². The number of furan rings is 1. The summed E-state index contributed by atoms with van der Waals surface area (Å²) in [6.45, 7) is 0. The van der Waals surface area contributed by atoms with Crippen molar-refractivity contribution < 1.29 is 18.7 Å². The number of amides is 2. The first-order valence-corrected chi connectivity index (χ1v) is 6.31. The van der Waals surface area contributed by atoms with Crippen LogP contribution in [0.15, 0.2) is 22.6 Å². The van der Waals surface area contributed by atoms with E-state index in [-0.39, 0.29) is 17.5 Å². The third-order valence-corrected chi connectivity index (χ3v) is 3.32. The highest BCUT2D eigenvalue weighted by atomic mass is 16.5. The minimum atomic E-state index is -0.728. The molecule has 1 aliphatic carbocycles. The summed E-state index contributed by atoms with van der Waals surface area (Å²) in [5.41, 5.74) is 5.99. The first kappa shape index (κ1) is 12.5. The van der Waals surface area contributed by atoms with E-state index in [4.69, 9.17) is 14.9 Å². The van der Waals surface area contributed by atoms with Crippen LogP contribution < -0.4 is 15.8 Å². The van der Waals surface area contributed by atoms with Crippen LogP contribution in [-0.2, 0) is 0 Å². The first-order chi connectivity index (χ1) is 9.60. The maximum absolute atomic E-state index is 12.2. The smallest absolute Gasteiger partial charge is 0.316 e. The van der Waals surface area contributed by atoms with Crippen molar-refractivity contribution in [1.29, 1.82) is 0 Å². The molecule has 1 aromatic heterocycles. The molecule has 20 heavy (non-hydrogen) atoms. The lowest BCUT2D eigenvalue weighted by atomic mass is 10.1. The number of nitrogens with one attached hydrogen (secondary N) is 1. The van der Waals surface area contributed by atoms with E-state index in [1.54, 1.807) is 25.3 Å². The van der Waals surface area contributed by atoms with Gasteiger partial charge in [0.1, 0.15) is 17.0 Å². The van der Waals surface area contributed by atoms with Gasteiger partial charge in [-0.1, -0.05) is 0 Å².